The van der Waals surface area contributed by atoms with Crippen molar-refractivity contribution in [2.75, 3.05) is 65.0 Å². The summed E-state index contributed by atoms with van der Waals surface area (Å²) in [7, 11) is 0. The highest BCUT2D eigenvalue weighted by atomic mass is 32.2. The summed E-state index contributed by atoms with van der Waals surface area (Å²) < 4.78 is 16.4. The third-order valence-electron chi connectivity index (χ3n) is 6.86. The van der Waals surface area contributed by atoms with E-state index in [1.807, 2.05) is 11.8 Å². The van der Waals surface area contributed by atoms with E-state index in [9.17, 15) is 24.0 Å². The maximum absolute atomic E-state index is 12.0. The lowest BCUT2D eigenvalue weighted by Crippen LogP contribution is -2.36. The van der Waals surface area contributed by atoms with E-state index in [0.29, 0.717) is 70.8 Å². The number of carbonyl (C=O) groups excluding carboxylic acids is 5. The third kappa shape index (κ3) is 12.4. The minimum Gasteiger partial charge on any atom is -0.379 e. The summed E-state index contributed by atoms with van der Waals surface area (Å²) in [6.07, 6.45) is 7.22. The van der Waals surface area contributed by atoms with Crippen LogP contribution in [0.15, 0.2) is 12.2 Å². The number of carbonyl (C=O) groups is 5. The fourth-order valence-electron chi connectivity index (χ4n) is 4.66. The molecule has 13 nitrogen and oxygen atoms in total. The smallest absolute Gasteiger partial charge is 0.315 e. The van der Waals surface area contributed by atoms with Crippen molar-refractivity contribution in [3.05, 3.63) is 12.2 Å². The Hall–Kier alpha value is -2.68. The SMILES string of the molecule is O=C(CCCC[C@@H]1SC[C@@H]2NC(=O)N[C@H]21)NCCCOCCOCCOCCCNC(=O)CCN1C(=O)C=CC1=O. The lowest BCUT2D eigenvalue weighted by Gasteiger charge is -2.16. The highest BCUT2D eigenvalue weighted by Crippen LogP contribution is 2.33. The van der Waals surface area contributed by atoms with Crippen LogP contribution in [0.3, 0.4) is 0 Å². The molecule has 2 saturated heterocycles. The molecule has 0 radical (unpaired) electrons. The first kappa shape index (κ1) is 32.8. The second kappa shape index (κ2) is 18.7. The van der Waals surface area contributed by atoms with Gasteiger partial charge in [0.15, 0.2) is 0 Å². The van der Waals surface area contributed by atoms with Crippen molar-refractivity contribution in [3.63, 3.8) is 0 Å². The first-order valence-corrected chi connectivity index (χ1v) is 15.5. The van der Waals surface area contributed by atoms with Gasteiger partial charge in [-0.05, 0) is 25.7 Å². The molecule has 3 atom stereocenters. The number of imide groups is 1. The van der Waals surface area contributed by atoms with Gasteiger partial charge < -0.3 is 35.5 Å². The van der Waals surface area contributed by atoms with Gasteiger partial charge in [0.05, 0.1) is 38.5 Å². The molecule has 3 aliphatic rings. The van der Waals surface area contributed by atoms with E-state index >= 15 is 0 Å². The van der Waals surface area contributed by atoms with E-state index in [0.717, 1.165) is 36.3 Å². The van der Waals surface area contributed by atoms with Crippen molar-refractivity contribution in [3.8, 4) is 0 Å². The lowest BCUT2D eigenvalue weighted by atomic mass is 10.0. The Morgan fingerprint density at radius 2 is 1.39 bits per heavy atom. The number of ether oxygens (including phenoxy) is 3. The van der Waals surface area contributed by atoms with Crippen LogP contribution in [0.2, 0.25) is 0 Å². The minimum atomic E-state index is -0.387. The van der Waals surface area contributed by atoms with E-state index in [2.05, 4.69) is 21.3 Å². The molecule has 4 N–H and O–H groups in total. The summed E-state index contributed by atoms with van der Waals surface area (Å²) in [6.45, 7) is 3.98. The van der Waals surface area contributed by atoms with Gasteiger partial charge in [0.2, 0.25) is 11.8 Å². The Balaban J connectivity index is 0.998. The molecule has 0 aromatic heterocycles. The zero-order chi connectivity index (χ0) is 29.3. The molecule has 0 aromatic carbocycles. The van der Waals surface area contributed by atoms with Gasteiger partial charge >= 0.3 is 6.03 Å². The maximum atomic E-state index is 12.0. The van der Waals surface area contributed by atoms with E-state index in [-0.39, 0.29) is 54.7 Å². The Bertz CT molecular complexity index is 902. The molecule has 3 rings (SSSR count). The Kier molecular flexibility index (Phi) is 15.0. The van der Waals surface area contributed by atoms with Crippen molar-refractivity contribution in [2.45, 2.75) is 62.3 Å². The van der Waals surface area contributed by atoms with Gasteiger partial charge in [-0.25, -0.2) is 4.79 Å². The quantitative estimate of drug-likeness (QED) is 0.0769. The molecule has 2 fully saturated rings. The van der Waals surface area contributed by atoms with Crippen LogP contribution in [0.1, 0.15) is 44.9 Å². The number of nitrogens with zero attached hydrogens (tertiary/aromatic N) is 1. The summed E-state index contributed by atoms with van der Waals surface area (Å²) in [4.78, 5) is 59.1. The molecule has 41 heavy (non-hydrogen) atoms. The van der Waals surface area contributed by atoms with Crippen LogP contribution >= 0.6 is 11.8 Å². The fourth-order valence-corrected chi connectivity index (χ4v) is 6.21. The number of nitrogens with one attached hydrogen (secondary N) is 4. The molecule has 6 amide bonds. The number of rotatable bonds is 22. The van der Waals surface area contributed by atoms with Crippen LogP contribution < -0.4 is 21.3 Å². The number of thioether (sulfide) groups is 1. The number of hydrogen-bond donors (Lipinski definition) is 4. The third-order valence-corrected chi connectivity index (χ3v) is 8.37. The second-order valence-corrected chi connectivity index (χ2v) is 11.3. The predicted molar refractivity (Wildman–Crippen MR) is 152 cm³/mol. The van der Waals surface area contributed by atoms with Crippen molar-refractivity contribution in [2.24, 2.45) is 0 Å². The van der Waals surface area contributed by atoms with Crippen molar-refractivity contribution < 1.29 is 38.2 Å². The van der Waals surface area contributed by atoms with E-state index < -0.39 is 0 Å². The lowest BCUT2D eigenvalue weighted by molar-refractivity contribution is -0.137. The minimum absolute atomic E-state index is 0.0640. The average Bonchev–Trinajstić information content (AvgIpc) is 3.61. The fraction of sp³-hybridized carbons (Fsp3) is 0.741. The zero-order valence-corrected chi connectivity index (χ0v) is 24.3. The predicted octanol–water partition coefficient (Wildman–Crippen LogP) is 0.0897. The van der Waals surface area contributed by atoms with Gasteiger partial charge in [-0.15, -0.1) is 0 Å². The normalized spacial score (nSPS) is 21.2. The highest BCUT2D eigenvalue weighted by Gasteiger charge is 2.42. The largest absolute Gasteiger partial charge is 0.379 e. The number of unbranched alkanes of at least 4 members (excludes halogenated alkanes) is 1. The van der Waals surface area contributed by atoms with Crippen molar-refractivity contribution in [1.82, 2.24) is 26.2 Å². The Morgan fingerprint density at radius 1 is 0.805 bits per heavy atom. The van der Waals surface area contributed by atoms with Crippen LogP contribution in [0.25, 0.3) is 0 Å². The molecular formula is C27H43N5O8S. The molecule has 0 bridgehead atoms. The standard InChI is InChI=1S/C27H43N5O8S/c33-22(6-2-1-5-21-26-20(19-41-21)30-27(37)31-26)28-10-3-13-38-15-17-40-18-16-39-14-4-11-29-23(34)9-12-32-24(35)7-8-25(32)36/h7-8,20-21,26H,1-6,9-19H2,(H,28,33)(H,29,34)(H2,30,31,37)/t20-,21-,26+/m0/s1. The molecule has 230 valence electrons. The molecule has 0 unspecified atom stereocenters. The molecule has 0 saturated carbocycles. The maximum Gasteiger partial charge on any atom is 0.315 e. The van der Waals surface area contributed by atoms with E-state index in [4.69, 9.17) is 14.2 Å². The number of amides is 6. The van der Waals surface area contributed by atoms with Crippen molar-refractivity contribution in [1.29, 1.82) is 0 Å². The summed E-state index contributed by atoms with van der Waals surface area (Å²) in [5.74, 6) is 0.0304. The van der Waals surface area contributed by atoms with Crippen LogP contribution in [0.5, 0.6) is 0 Å². The molecule has 3 heterocycles. The van der Waals surface area contributed by atoms with Gasteiger partial charge in [-0.3, -0.25) is 24.1 Å². The summed E-state index contributed by atoms with van der Waals surface area (Å²) in [5.41, 5.74) is 0. The van der Waals surface area contributed by atoms with Gasteiger partial charge in [0.1, 0.15) is 0 Å². The van der Waals surface area contributed by atoms with Gasteiger partial charge in [-0.2, -0.15) is 11.8 Å². The van der Waals surface area contributed by atoms with Gasteiger partial charge in [0, 0.05) is 68.8 Å². The summed E-state index contributed by atoms with van der Waals surface area (Å²) in [6, 6.07) is 0.401. The summed E-state index contributed by atoms with van der Waals surface area (Å²) >= 11 is 1.90. The molecule has 3 aliphatic heterocycles. The van der Waals surface area contributed by atoms with Crippen LogP contribution in [0, 0.1) is 0 Å². The van der Waals surface area contributed by atoms with Crippen LogP contribution in [0.4, 0.5) is 4.79 Å². The van der Waals surface area contributed by atoms with Crippen LogP contribution in [-0.4, -0.2) is 117 Å². The first-order valence-electron chi connectivity index (χ1n) is 14.4. The van der Waals surface area contributed by atoms with Crippen molar-refractivity contribution >= 4 is 41.4 Å². The van der Waals surface area contributed by atoms with Gasteiger partial charge in [0.25, 0.3) is 11.8 Å². The van der Waals surface area contributed by atoms with E-state index in [1.54, 1.807) is 0 Å². The molecule has 0 aliphatic carbocycles. The second-order valence-electron chi connectivity index (χ2n) is 10.0. The number of fused-ring (bicyclic) bond motifs is 1. The first-order chi connectivity index (χ1) is 19.9. The average molecular weight is 598 g/mol. The van der Waals surface area contributed by atoms with Gasteiger partial charge in [-0.1, -0.05) is 6.42 Å². The monoisotopic (exact) mass is 597 g/mol. The van der Waals surface area contributed by atoms with Crippen LogP contribution in [-0.2, 0) is 33.4 Å². The Labute approximate surface area is 245 Å². The molecule has 14 heteroatoms. The number of hydrogen-bond acceptors (Lipinski definition) is 9. The zero-order valence-electron chi connectivity index (χ0n) is 23.5. The highest BCUT2D eigenvalue weighted by molar-refractivity contribution is 8.00. The number of urea groups is 1. The topological polar surface area (TPSA) is 164 Å². The Morgan fingerprint density at radius 3 is 2.02 bits per heavy atom. The van der Waals surface area contributed by atoms with E-state index in [1.165, 1.54) is 12.2 Å². The summed E-state index contributed by atoms with van der Waals surface area (Å²) in [5, 5.41) is 12.0. The molecule has 0 aromatic rings. The molecular weight excluding hydrogens is 554 g/mol. The molecule has 0 spiro atoms.